The first-order chi connectivity index (χ1) is 15.8. The van der Waals surface area contributed by atoms with Crippen LogP contribution in [0.5, 0.6) is 11.5 Å². The van der Waals surface area contributed by atoms with Crippen molar-refractivity contribution in [3.63, 3.8) is 0 Å². The standard InChI is InChI=1S/C27H26N2O2S/c32-27(28-12-10-18-4-2-1-3-5-18)29-13-11-21-15-24(29)23-14-19(6-8-22(21)23)20-7-9-25-26(16-20)31-17-30-25/h1-9,14,16,21,24H,10-13,15,17H2,(H,28,32)/t21-,24?/m1/s1. The molecular weight excluding hydrogens is 416 g/mol. The van der Waals surface area contributed by atoms with Gasteiger partial charge in [-0.1, -0.05) is 48.5 Å². The molecule has 1 aliphatic carbocycles. The zero-order valence-electron chi connectivity index (χ0n) is 17.9. The fourth-order valence-corrected chi connectivity index (χ4v) is 5.66. The van der Waals surface area contributed by atoms with Gasteiger partial charge in [-0.05, 0) is 83.4 Å². The number of likely N-dealkylation sites (tertiary alicyclic amines) is 1. The fourth-order valence-electron chi connectivity index (χ4n) is 5.34. The van der Waals surface area contributed by atoms with Gasteiger partial charge in [0.25, 0.3) is 0 Å². The Morgan fingerprint density at radius 3 is 2.66 bits per heavy atom. The lowest BCUT2D eigenvalue weighted by Crippen LogP contribution is -2.44. The van der Waals surface area contributed by atoms with Crippen molar-refractivity contribution < 1.29 is 9.47 Å². The Labute approximate surface area is 194 Å². The lowest BCUT2D eigenvalue weighted by Gasteiger charge is -2.36. The Bertz CT molecular complexity index is 1160. The number of thiocarbonyl (C=S) groups is 1. The largest absolute Gasteiger partial charge is 0.454 e. The summed E-state index contributed by atoms with van der Waals surface area (Å²) in [5, 5.41) is 4.40. The number of hydrogen-bond acceptors (Lipinski definition) is 3. The van der Waals surface area contributed by atoms with Crippen LogP contribution in [0.3, 0.4) is 0 Å². The van der Waals surface area contributed by atoms with Crippen molar-refractivity contribution in [1.29, 1.82) is 0 Å². The molecule has 3 aromatic rings. The van der Waals surface area contributed by atoms with E-state index in [0.29, 0.717) is 18.8 Å². The number of fused-ring (bicyclic) bond motifs is 6. The number of rotatable bonds is 4. The normalized spacial score (nSPS) is 20.2. The SMILES string of the molecule is S=C(NCCc1ccccc1)N1CC[C@@H]2CC1c1cc(-c3ccc4c(c3)OCO4)ccc12. The van der Waals surface area contributed by atoms with Crippen LogP contribution in [0.4, 0.5) is 0 Å². The molecule has 0 radical (unpaired) electrons. The molecule has 2 heterocycles. The van der Waals surface area contributed by atoms with Gasteiger partial charge >= 0.3 is 0 Å². The second kappa shape index (κ2) is 8.14. The van der Waals surface area contributed by atoms with Gasteiger partial charge in [0.1, 0.15) is 0 Å². The Morgan fingerprint density at radius 1 is 0.938 bits per heavy atom. The molecule has 3 aromatic carbocycles. The Balaban J connectivity index is 1.20. The highest BCUT2D eigenvalue weighted by molar-refractivity contribution is 7.80. The maximum Gasteiger partial charge on any atom is 0.231 e. The van der Waals surface area contributed by atoms with Crippen LogP contribution in [0.15, 0.2) is 66.7 Å². The number of benzene rings is 3. The van der Waals surface area contributed by atoms with Gasteiger partial charge in [0, 0.05) is 13.1 Å². The summed E-state index contributed by atoms with van der Waals surface area (Å²) >= 11 is 5.85. The predicted molar refractivity (Wildman–Crippen MR) is 130 cm³/mol. The molecular formula is C27H26N2O2S. The lowest BCUT2D eigenvalue weighted by atomic mass is 9.95. The third kappa shape index (κ3) is 3.51. The minimum Gasteiger partial charge on any atom is -0.454 e. The van der Waals surface area contributed by atoms with E-state index in [4.69, 9.17) is 21.7 Å². The molecule has 5 heteroatoms. The molecule has 1 N–H and O–H groups in total. The molecule has 32 heavy (non-hydrogen) atoms. The average Bonchev–Trinajstić information content (AvgIpc) is 3.42. The molecule has 2 atom stereocenters. The van der Waals surface area contributed by atoms with Crippen LogP contribution in [0.1, 0.15) is 41.5 Å². The zero-order chi connectivity index (χ0) is 21.5. The summed E-state index contributed by atoms with van der Waals surface area (Å²) < 4.78 is 11.1. The molecule has 1 unspecified atom stereocenters. The molecule has 1 fully saturated rings. The second-order valence-electron chi connectivity index (χ2n) is 8.81. The van der Waals surface area contributed by atoms with E-state index in [1.165, 1.54) is 22.3 Å². The van der Waals surface area contributed by atoms with Crippen LogP contribution in [0.2, 0.25) is 0 Å². The third-order valence-corrected chi connectivity index (χ3v) is 7.37. The number of hydrogen-bond donors (Lipinski definition) is 1. The van der Waals surface area contributed by atoms with Crippen molar-refractivity contribution in [3.8, 4) is 22.6 Å². The topological polar surface area (TPSA) is 33.7 Å². The van der Waals surface area contributed by atoms with E-state index in [2.05, 4.69) is 70.9 Å². The Hall–Kier alpha value is -3.05. The number of nitrogens with one attached hydrogen (secondary N) is 1. The summed E-state index contributed by atoms with van der Waals surface area (Å²) in [4.78, 5) is 2.41. The summed E-state index contributed by atoms with van der Waals surface area (Å²) in [5.41, 5.74) is 6.64. The van der Waals surface area contributed by atoms with E-state index in [1.54, 1.807) is 0 Å². The third-order valence-electron chi connectivity index (χ3n) is 6.99. The van der Waals surface area contributed by atoms with Crippen LogP contribution in [0, 0.1) is 0 Å². The van der Waals surface area contributed by atoms with E-state index in [9.17, 15) is 0 Å². The van der Waals surface area contributed by atoms with E-state index in [1.807, 2.05) is 6.07 Å². The first kappa shape index (κ1) is 19.6. The van der Waals surface area contributed by atoms with Gasteiger partial charge < -0.3 is 19.7 Å². The molecule has 3 aliphatic rings. The molecule has 2 bridgehead atoms. The molecule has 4 nitrogen and oxygen atoms in total. The number of piperidine rings is 1. The fraction of sp³-hybridized carbons (Fsp3) is 0.296. The zero-order valence-corrected chi connectivity index (χ0v) is 18.7. The van der Waals surface area contributed by atoms with Crippen LogP contribution in [-0.2, 0) is 6.42 Å². The summed E-state index contributed by atoms with van der Waals surface area (Å²) in [6, 6.07) is 24.1. The van der Waals surface area contributed by atoms with Crippen molar-refractivity contribution in [2.24, 2.45) is 0 Å². The number of ether oxygens (including phenoxy) is 2. The van der Waals surface area contributed by atoms with E-state index >= 15 is 0 Å². The van der Waals surface area contributed by atoms with Gasteiger partial charge in [-0.25, -0.2) is 0 Å². The van der Waals surface area contributed by atoms with Gasteiger partial charge in [-0.2, -0.15) is 0 Å². The second-order valence-corrected chi connectivity index (χ2v) is 9.20. The predicted octanol–water partition coefficient (Wildman–Crippen LogP) is 5.43. The summed E-state index contributed by atoms with van der Waals surface area (Å²) in [7, 11) is 0. The smallest absolute Gasteiger partial charge is 0.231 e. The lowest BCUT2D eigenvalue weighted by molar-refractivity contribution is 0.174. The van der Waals surface area contributed by atoms with Crippen LogP contribution < -0.4 is 14.8 Å². The van der Waals surface area contributed by atoms with Gasteiger partial charge in [-0.3, -0.25) is 0 Å². The highest BCUT2D eigenvalue weighted by atomic mass is 32.1. The van der Waals surface area contributed by atoms with Crippen LogP contribution in [-0.4, -0.2) is 29.9 Å². The molecule has 1 saturated heterocycles. The summed E-state index contributed by atoms with van der Waals surface area (Å²) in [6.07, 6.45) is 3.29. The van der Waals surface area contributed by atoms with Crippen LogP contribution >= 0.6 is 12.2 Å². The quantitative estimate of drug-likeness (QED) is 0.545. The van der Waals surface area contributed by atoms with Crippen molar-refractivity contribution in [3.05, 3.63) is 83.4 Å². The Kier molecular flexibility index (Phi) is 4.99. The number of nitrogens with zero attached hydrogens (tertiary/aromatic N) is 1. The van der Waals surface area contributed by atoms with Crippen LogP contribution in [0.25, 0.3) is 11.1 Å². The van der Waals surface area contributed by atoms with E-state index in [0.717, 1.165) is 54.5 Å². The first-order valence-electron chi connectivity index (χ1n) is 11.4. The molecule has 0 aromatic heterocycles. The molecule has 0 amide bonds. The maximum atomic E-state index is 5.85. The highest BCUT2D eigenvalue weighted by Gasteiger charge is 2.39. The van der Waals surface area contributed by atoms with Crippen molar-refractivity contribution in [2.45, 2.75) is 31.2 Å². The Morgan fingerprint density at radius 2 is 1.75 bits per heavy atom. The van der Waals surface area contributed by atoms with Gasteiger partial charge in [0.15, 0.2) is 16.6 Å². The van der Waals surface area contributed by atoms with E-state index in [-0.39, 0.29) is 0 Å². The first-order valence-corrected chi connectivity index (χ1v) is 11.8. The monoisotopic (exact) mass is 442 g/mol. The average molecular weight is 443 g/mol. The van der Waals surface area contributed by atoms with Crippen molar-refractivity contribution in [1.82, 2.24) is 10.2 Å². The van der Waals surface area contributed by atoms with Gasteiger partial charge in [0.2, 0.25) is 6.79 Å². The summed E-state index contributed by atoms with van der Waals surface area (Å²) in [5.74, 6) is 2.29. The molecule has 0 spiro atoms. The highest BCUT2D eigenvalue weighted by Crippen LogP contribution is 2.50. The van der Waals surface area contributed by atoms with E-state index < -0.39 is 0 Å². The van der Waals surface area contributed by atoms with Gasteiger partial charge in [0.05, 0.1) is 6.04 Å². The molecule has 162 valence electrons. The molecule has 6 rings (SSSR count). The molecule has 2 aliphatic heterocycles. The molecule has 0 saturated carbocycles. The maximum absolute atomic E-state index is 5.85. The minimum absolute atomic E-state index is 0.302. The van der Waals surface area contributed by atoms with Crippen molar-refractivity contribution >= 4 is 17.3 Å². The van der Waals surface area contributed by atoms with Gasteiger partial charge in [-0.15, -0.1) is 0 Å². The van der Waals surface area contributed by atoms with Crippen molar-refractivity contribution in [2.75, 3.05) is 19.9 Å². The summed E-state index contributed by atoms with van der Waals surface area (Å²) in [6.45, 7) is 2.18. The minimum atomic E-state index is 0.302.